The molecule has 1 aliphatic heterocycles. The summed E-state index contributed by atoms with van der Waals surface area (Å²) >= 11 is 0. The highest BCUT2D eigenvalue weighted by atomic mass is 16.5. The van der Waals surface area contributed by atoms with Crippen molar-refractivity contribution in [2.24, 2.45) is 0 Å². The highest BCUT2D eigenvalue weighted by Crippen LogP contribution is 2.33. The predicted octanol–water partition coefficient (Wildman–Crippen LogP) is 2.83. The lowest BCUT2D eigenvalue weighted by Crippen LogP contribution is -2.40. The summed E-state index contributed by atoms with van der Waals surface area (Å²) in [5.41, 5.74) is 2.97. The quantitative estimate of drug-likeness (QED) is 0.415. The van der Waals surface area contributed by atoms with Crippen LogP contribution in [0.1, 0.15) is 34.3 Å². The van der Waals surface area contributed by atoms with E-state index in [1.165, 1.54) is 0 Å². The number of anilines is 1. The fourth-order valence-corrected chi connectivity index (χ4v) is 3.49. The summed E-state index contributed by atoms with van der Waals surface area (Å²) in [6, 6.07) is 10.9. The highest BCUT2D eigenvalue weighted by molar-refractivity contribution is 6.02. The topological polar surface area (TPSA) is 94.2 Å². The van der Waals surface area contributed by atoms with Crippen LogP contribution in [0.3, 0.4) is 0 Å². The van der Waals surface area contributed by atoms with Crippen molar-refractivity contribution in [1.82, 2.24) is 5.32 Å². The van der Waals surface area contributed by atoms with E-state index in [1.807, 2.05) is 32.0 Å². The molecule has 0 fully saturated rings. The first-order valence-corrected chi connectivity index (χ1v) is 10.9. The van der Waals surface area contributed by atoms with E-state index in [0.29, 0.717) is 48.9 Å². The molecule has 0 spiro atoms. The molecule has 8 heteroatoms. The van der Waals surface area contributed by atoms with E-state index in [9.17, 15) is 14.4 Å². The van der Waals surface area contributed by atoms with Crippen LogP contribution in [-0.4, -0.2) is 57.6 Å². The molecular formula is C25H30N2O6. The summed E-state index contributed by atoms with van der Waals surface area (Å²) in [4.78, 5) is 38.7. The number of nitrogens with zero attached hydrogens (tertiary/aromatic N) is 1. The summed E-state index contributed by atoms with van der Waals surface area (Å²) in [5.74, 6) is 0.699. The molecule has 2 aromatic carbocycles. The first-order chi connectivity index (χ1) is 15.9. The molecule has 1 heterocycles. The van der Waals surface area contributed by atoms with Gasteiger partial charge in [0.25, 0.3) is 5.91 Å². The number of ether oxygens (including phenoxy) is 3. The highest BCUT2D eigenvalue weighted by Gasteiger charge is 2.26. The van der Waals surface area contributed by atoms with Crippen LogP contribution in [0.4, 0.5) is 5.69 Å². The van der Waals surface area contributed by atoms with Gasteiger partial charge in [-0.3, -0.25) is 14.4 Å². The van der Waals surface area contributed by atoms with Gasteiger partial charge in [-0.2, -0.15) is 0 Å². The first kappa shape index (κ1) is 24.3. The van der Waals surface area contributed by atoms with Gasteiger partial charge >= 0.3 is 0 Å². The molecule has 2 aromatic rings. The van der Waals surface area contributed by atoms with Gasteiger partial charge in [0.2, 0.25) is 5.91 Å². The largest absolute Gasteiger partial charge is 0.485 e. The molecule has 0 bridgehead atoms. The Morgan fingerprint density at radius 1 is 1.15 bits per heavy atom. The van der Waals surface area contributed by atoms with E-state index in [2.05, 4.69) is 5.32 Å². The second-order valence-corrected chi connectivity index (χ2v) is 7.94. The third-order valence-corrected chi connectivity index (χ3v) is 5.34. The molecule has 0 aromatic heterocycles. The van der Waals surface area contributed by atoms with Crippen LogP contribution in [0.2, 0.25) is 0 Å². The Hall–Kier alpha value is -3.39. The number of methoxy groups -OCH3 is 1. The molecule has 0 saturated heterocycles. The van der Waals surface area contributed by atoms with Gasteiger partial charge in [0, 0.05) is 32.2 Å². The molecular weight excluding hydrogens is 424 g/mol. The molecule has 0 atom stereocenters. The van der Waals surface area contributed by atoms with Gasteiger partial charge in [-0.1, -0.05) is 12.1 Å². The lowest BCUT2D eigenvalue weighted by atomic mass is 10.1. The Morgan fingerprint density at radius 2 is 1.97 bits per heavy atom. The molecule has 0 radical (unpaired) electrons. The van der Waals surface area contributed by atoms with Gasteiger partial charge < -0.3 is 24.4 Å². The summed E-state index contributed by atoms with van der Waals surface area (Å²) in [6.45, 7) is 4.96. The van der Waals surface area contributed by atoms with Gasteiger partial charge in [-0.05, 0) is 55.7 Å². The lowest BCUT2D eigenvalue weighted by molar-refractivity contribution is -0.123. The molecule has 1 N–H and O–H groups in total. The normalized spacial score (nSPS) is 12.7. The number of fused-ring (bicyclic) bond motifs is 1. The Labute approximate surface area is 193 Å². The zero-order chi connectivity index (χ0) is 23.8. The number of hydrogen-bond donors (Lipinski definition) is 1. The van der Waals surface area contributed by atoms with Crippen LogP contribution in [0.25, 0.3) is 0 Å². The predicted molar refractivity (Wildman–Crippen MR) is 124 cm³/mol. The third kappa shape index (κ3) is 6.55. The zero-order valence-electron chi connectivity index (χ0n) is 19.3. The SMILES string of the molecule is COCCNC(=O)CCCN1C(=O)COc2ccc(C(=O)COc3cc(C)ccc3C)cc21. The molecule has 3 rings (SSSR count). The van der Waals surface area contributed by atoms with Crippen molar-refractivity contribution in [1.29, 1.82) is 0 Å². The summed E-state index contributed by atoms with van der Waals surface area (Å²) in [5, 5.41) is 2.76. The van der Waals surface area contributed by atoms with E-state index in [1.54, 1.807) is 30.2 Å². The maximum atomic E-state index is 12.8. The fourth-order valence-electron chi connectivity index (χ4n) is 3.49. The van der Waals surface area contributed by atoms with Crippen molar-refractivity contribution in [3.63, 3.8) is 0 Å². The number of benzene rings is 2. The number of nitrogens with one attached hydrogen (secondary N) is 1. The smallest absolute Gasteiger partial charge is 0.265 e. The first-order valence-electron chi connectivity index (χ1n) is 10.9. The van der Waals surface area contributed by atoms with Gasteiger partial charge in [0.1, 0.15) is 11.5 Å². The Kier molecular flexibility index (Phi) is 8.43. The van der Waals surface area contributed by atoms with Gasteiger partial charge in [0.05, 0.1) is 12.3 Å². The van der Waals surface area contributed by atoms with E-state index in [-0.39, 0.29) is 37.2 Å². The number of amides is 2. The maximum absolute atomic E-state index is 12.8. The number of carbonyl (C=O) groups excluding carboxylic acids is 3. The van der Waals surface area contributed by atoms with E-state index in [0.717, 1.165) is 11.1 Å². The van der Waals surface area contributed by atoms with Crippen molar-refractivity contribution in [3.05, 3.63) is 53.1 Å². The Balaban J connectivity index is 1.64. The van der Waals surface area contributed by atoms with Crippen molar-refractivity contribution < 1.29 is 28.6 Å². The number of aryl methyl sites for hydroxylation is 2. The standard InChI is InChI=1S/C25H30N2O6/c1-17-6-7-18(2)23(13-17)32-15-21(28)19-8-9-22-20(14-19)27(25(30)16-33-22)11-4-5-24(29)26-10-12-31-3/h6-9,13-14H,4-5,10-12,15-16H2,1-3H3,(H,26,29). The summed E-state index contributed by atoms with van der Waals surface area (Å²) < 4.78 is 16.2. The van der Waals surface area contributed by atoms with Crippen LogP contribution >= 0.6 is 0 Å². The number of Topliss-reactive ketones (excluding diaryl/α,β-unsaturated/α-hetero) is 1. The summed E-state index contributed by atoms with van der Waals surface area (Å²) in [7, 11) is 1.57. The fraction of sp³-hybridized carbons (Fsp3) is 0.400. The minimum atomic E-state index is -0.210. The minimum Gasteiger partial charge on any atom is -0.485 e. The second-order valence-electron chi connectivity index (χ2n) is 7.94. The molecule has 176 valence electrons. The van der Waals surface area contributed by atoms with Crippen LogP contribution in [0, 0.1) is 13.8 Å². The van der Waals surface area contributed by atoms with Crippen LogP contribution < -0.4 is 19.7 Å². The van der Waals surface area contributed by atoms with E-state index >= 15 is 0 Å². The maximum Gasteiger partial charge on any atom is 0.265 e. The van der Waals surface area contributed by atoms with Crippen molar-refractivity contribution in [2.45, 2.75) is 26.7 Å². The zero-order valence-corrected chi connectivity index (χ0v) is 19.3. The van der Waals surface area contributed by atoms with E-state index < -0.39 is 0 Å². The average Bonchev–Trinajstić information content (AvgIpc) is 2.80. The number of ketones is 1. The molecule has 0 unspecified atom stereocenters. The molecule has 1 aliphatic rings. The summed E-state index contributed by atoms with van der Waals surface area (Å²) in [6.07, 6.45) is 0.768. The van der Waals surface area contributed by atoms with Gasteiger partial charge in [-0.15, -0.1) is 0 Å². The van der Waals surface area contributed by atoms with Gasteiger partial charge in [-0.25, -0.2) is 0 Å². The molecule has 0 saturated carbocycles. The van der Waals surface area contributed by atoms with E-state index in [4.69, 9.17) is 14.2 Å². The molecule has 0 aliphatic carbocycles. The van der Waals surface area contributed by atoms with Crippen LogP contribution in [-0.2, 0) is 14.3 Å². The molecule has 33 heavy (non-hydrogen) atoms. The van der Waals surface area contributed by atoms with Crippen LogP contribution in [0.15, 0.2) is 36.4 Å². The van der Waals surface area contributed by atoms with Crippen LogP contribution in [0.5, 0.6) is 11.5 Å². The van der Waals surface area contributed by atoms with Crippen molar-refractivity contribution in [3.8, 4) is 11.5 Å². The Morgan fingerprint density at radius 3 is 2.76 bits per heavy atom. The van der Waals surface area contributed by atoms with Gasteiger partial charge in [0.15, 0.2) is 19.0 Å². The second kappa shape index (κ2) is 11.5. The Bertz CT molecular complexity index is 1020. The van der Waals surface area contributed by atoms with Crippen molar-refractivity contribution >= 4 is 23.3 Å². The average molecular weight is 455 g/mol. The number of carbonyl (C=O) groups is 3. The third-order valence-electron chi connectivity index (χ3n) is 5.34. The van der Waals surface area contributed by atoms with Crippen molar-refractivity contribution in [2.75, 3.05) is 44.9 Å². The monoisotopic (exact) mass is 454 g/mol. The lowest BCUT2D eigenvalue weighted by Gasteiger charge is -2.29. The molecule has 2 amide bonds. The number of hydrogen-bond acceptors (Lipinski definition) is 6. The number of rotatable bonds is 11. The minimum absolute atomic E-state index is 0.0733. The molecule has 8 nitrogen and oxygen atoms in total.